The molecule has 28 heavy (non-hydrogen) atoms. The van der Waals surface area contributed by atoms with E-state index in [4.69, 9.17) is 33.9 Å². The third-order valence-corrected chi connectivity index (χ3v) is 4.50. The van der Waals surface area contributed by atoms with Gasteiger partial charge in [-0.3, -0.25) is 0 Å². The van der Waals surface area contributed by atoms with E-state index in [1.807, 2.05) is 0 Å². The Kier molecular flexibility index (Phi) is 8.47. The van der Waals surface area contributed by atoms with Crippen LogP contribution in [0.3, 0.4) is 0 Å². The molecule has 13 heteroatoms. The molecule has 2 fully saturated rings. The fraction of sp³-hybridized carbons (Fsp3) is 0.933. The van der Waals surface area contributed by atoms with Crippen LogP contribution in [0.1, 0.15) is 0 Å². The molecule has 0 aromatic carbocycles. The molecule has 2 saturated heterocycles. The Bertz CT molecular complexity index is 504. The second-order valence-corrected chi connectivity index (χ2v) is 6.42. The predicted octanol–water partition coefficient (Wildman–Crippen LogP) is -5.20. The largest absolute Gasteiger partial charge is 0.455 e. The van der Waals surface area contributed by atoms with Gasteiger partial charge in [-0.05, 0) is 0 Å². The highest BCUT2D eigenvalue weighted by Crippen LogP contribution is 2.29. The monoisotopic (exact) mass is 414 g/mol. The van der Waals surface area contributed by atoms with Crippen LogP contribution in [0, 0.1) is 0 Å². The first kappa shape index (κ1) is 23.3. The molecule has 13 nitrogen and oxygen atoms in total. The fourth-order valence-electron chi connectivity index (χ4n) is 3.02. The Morgan fingerprint density at radius 2 is 1.54 bits per heavy atom. The van der Waals surface area contributed by atoms with Gasteiger partial charge in [0.05, 0.1) is 13.2 Å². The van der Waals surface area contributed by atoms with Crippen molar-refractivity contribution in [3.63, 3.8) is 0 Å². The number of hydrogen-bond donors (Lipinski definition) is 7. The predicted molar refractivity (Wildman–Crippen MR) is 84.4 cm³/mol. The van der Waals surface area contributed by atoms with Crippen molar-refractivity contribution >= 4 is 5.97 Å². The number of rotatable bonds is 7. The van der Waals surface area contributed by atoms with Crippen LogP contribution >= 0.6 is 0 Å². The van der Waals surface area contributed by atoms with Gasteiger partial charge >= 0.3 is 5.97 Å². The summed E-state index contributed by atoms with van der Waals surface area (Å²) in [6.07, 6.45) is -15.6. The average Bonchev–Trinajstić information content (AvgIpc) is 2.68. The lowest BCUT2D eigenvalue weighted by atomic mass is 9.97. The van der Waals surface area contributed by atoms with E-state index in [0.717, 1.165) is 0 Å². The van der Waals surface area contributed by atoms with Crippen molar-refractivity contribution in [1.82, 2.24) is 0 Å². The van der Waals surface area contributed by atoms with Crippen LogP contribution in [-0.4, -0.2) is 130 Å². The van der Waals surface area contributed by atoms with Crippen LogP contribution in [0.4, 0.5) is 0 Å². The Labute approximate surface area is 159 Å². The van der Waals surface area contributed by atoms with Crippen LogP contribution < -0.4 is 0 Å². The highest BCUT2D eigenvalue weighted by atomic mass is 16.7. The number of hydrogen-bond acceptors (Lipinski definition) is 13. The van der Waals surface area contributed by atoms with Crippen LogP contribution in [0.15, 0.2) is 0 Å². The standard InChI is InChI=1S/C15H26O13/c1-24-4-6-12(27-7(18)3-17)10(21)11(22)15(26-6)28-13-9(20)8(19)5(2-16)25-14(13)23/h5-6,8-17,19-23H,2-4H2,1H3/t5?,6?,8-,9?,10?,11+,12-,13+,14-,15+/m1/s1. The summed E-state index contributed by atoms with van der Waals surface area (Å²) in [6, 6.07) is 0. The van der Waals surface area contributed by atoms with Gasteiger partial charge in [0.25, 0.3) is 0 Å². The zero-order valence-corrected chi connectivity index (χ0v) is 15.0. The molecule has 7 N–H and O–H groups in total. The van der Waals surface area contributed by atoms with Crippen LogP contribution in [-0.2, 0) is 28.5 Å². The molecule has 2 heterocycles. The van der Waals surface area contributed by atoms with Crippen molar-refractivity contribution in [3.8, 4) is 0 Å². The first-order chi connectivity index (χ1) is 13.2. The van der Waals surface area contributed by atoms with Gasteiger partial charge in [0.15, 0.2) is 18.7 Å². The fourth-order valence-corrected chi connectivity index (χ4v) is 3.02. The quantitative estimate of drug-likeness (QED) is 0.195. The van der Waals surface area contributed by atoms with E-state index in [-0.39, 0.29) is 6.61 Å². The number of esters is 1. The van der Waals surface area contributed by atoms with E-state index >= 15 is 0 Å². The molecular weight excluding hydrogens is 388 g/mol. The summed E-state index contributed by atoms with van der Waals surface area (Å²) in [5.41, 5.74) is 0. The number of carbonyl (C=O) groups excluding carboxylic acids is 1. The van der Waals surface area contributed by atoms with E-state index in [0.29, 0.717) is 0 Å². The number of carbonyl (C=O) groups is 1. The maximum absolute atomic E-state index is 11.3. The van der Waals surface area contributed by atoms with Gasteiger partial charge in [-0.25, -0.2) is 4.79 Å². The summed E-state index contributed by atoms with van der Waals surface area (Å²) in [5.74, 6) is -1.06. The second-order valence-electron chi connectivity index (χ2n) is 6.42. The molecule has 0 radical (unpaired) electrons. The number of aliphatic hydroxyl groups excluding tert-OH is 7. The SMILES string of the molecule is COCC1O[C@@H](O[C@H]2C(O)[C@H](O)C(CO)O[C@H]2O)[C@@H](O)C(O)[C@@H]1OC(=O)CO. The number of methoxy groups -OCH3 is 1. The minimum Gasteiger partial charge on any atom is -0.455 e. The van der Waals surface area contributed by atoms with Gasteiger partial charge in [0, 0.05) is 7.11 Å². The van der Waals surface area contributed by atoms with Crippen molar-refractivity contribution in [2.75, 3.05) is 26.9 Å². The van der Waals surface area contributed by atoms with E-state index < -0.39 is 80.6 Å². The van der Waals surface area contributed by atoms with Gasteiger partial charge < -0.3 is 59.4 Å². The molecule has 0 saturated carbocycles. The molecular formula is C15H26O13. The third-order valence-electron chi connectivity index (χ3n) is 4.50. The summed E-state index contributed by atoms with van der Waals surface area (Å²) in [6.45, 7) is -1.83. The van der Waals surface area contributed by atoms with E-state index in [1.54, 1.807) is 0 Å². The lowest BCUT2D eigenvalue weighted by Crippen LogP contribution is -2.64. The summed E-state index contributed by atoms with van der Waals surface area (Å²) in [4.78, 5) is 11.3. The topological polar surface area (TPSA) is 205 Å². The van der Waals surface area contributed by atoms with Crippen molar-refractivity contribution in [1.29, 1.82) is 0 Å². The Morgan fingerprint density at radius 1 is 0.893 bits per heavy atom. The lowest BCUT2D eigenvalue weighted by Gasteiger charge is -2.45. The lowest BCUT2D eigenvalue weighted by molar-refractivity contribution is -0.362. The summed E-state index contributed by atoms with van der Waals surface area (Å²) in [7, 11) is 1.30. The molecule has 2 rings (SSSR count). The zero-order chi connectivity index (χ0) is 21.0. The molecule has 0 amide bonds. The summed E-state index contributed by atoms with van der Waals surface area (Å²) < 4.78 is 25.5. The van der Waals surface area contributed by atoms with E-state index in [9.17, 15) is 30.3 Å². The Morgan fingerprint density at radius 3 is 2.11 bits per heavy atom. The van der Waals surface area contributed by atoms with Gasteiger partial charge in [-0.1, -0.05) is 0 Å². The zero-order valence-electron chi connectivity index (χ0n) is 15.0. The van der Waals surface area contributed by atoms with Gasteiger partial charge in [-0.2, -0.15) is 0 Å². The molecule has 0 aromatic rings. The molecule has 0 spiro atoms. The Hall–Kier alpha value is -0.970. The maximum atomic E-state index is 11.3. The number of ether oxygens (including phenoxy) is 5. The van der Waals surface area contributed by atoms with Crippen molar-refractivity contribution < 1.29 is 64.2 Å². The van der Waals surface area contributed by atoms with Crippen LogP contribution in [0.5, 0.6) is 0 Å². The molecule has 2 aliphatic rings. The summed E-state index contributed by atoms with van der Waals surface area (Å²) in [5, 5.41) is 68.4. The number of aliphatic hydroxyl groups is 7. The first-order valence-electron chi connectivity index (χ1n) is 8.52. The van der Waals surface area contributed by atoms with Crippen LogP contribution in [0.2, 0.25) is 0 Å². The Balaban J connectivity index is 2.12. The highest BCUT2D eigenvalue weighted by molar-refractivity contribution is 5.70. The molecule has 10 atom stereocenters. The van der Waals surface area contributed by atoms with E-state index in [1.165, 1.54) is 7.11 Å². The average molecular weight is 414 g/mol. The van der Waals surface area contributed by atoms with Gasteiger partial charge in [-0.15, -0.1) is 0 Å². The maximum Gasteiger partial charge on any atom is 0.332 e. The minimum absolute atomic E-state index is 0.200. The highest BCUT2D eigenvalue weighted by Gasteiger charge is 2.51. The second kappa shape index (κ2) is 10.2. The normalized spacial score (nSPS) is 44.3. The molecule has 164 valence electrons. The first-order valence-corrected chi connectivity index (χ1v) is 8.52. The van der Waals surface area contributed by atoms with Crippen molar-refractivity contribution in [2.45, 2.75) is 61.4 Å². The minimum atomic E-state index is -1.79. The van der Waals surface area contributed by atoms with Gasteiger partial charge in [0.2, 0.25) is 0 Å². The van der Waals surface area contributed by atoms with Crippen molar-refractivity contribution in [2.24, 2.45) is 0 Å². The van der Waals surface area contributed by atoms with Gasteiger partial charge in [0.1, 0.15) is 49.3 Å². The third kappa shape index (κ3) is 4.95. The van der Waals surface area contributed by atoms with Crippen molar-refractivity contribution in [3.05, 3.63) is 0 Å². The molecule has 0 aromatic heterocycles. The van der Waals surface area contributed by atoms with Crippen LogP contribution in [0.25, 0.3) is 0 Å². The summed E-state index contributed by atoms with van der Waals surface area (Å²) >= 11 is 0. The smallest absolute Gasteiger partial charge is 0.332 e. The molecule has 0 aliphatic carbocycles. The van der Waals surface area contributed by atoms with E-state index in [2.05, 4.69) is 0 Å². The molecule has 2 aliphatic heterocycles. The molecule has 0 bridgehead atoms. The molecule has 4 unspecified atom stereocenters.